The number of hydrogen-bond acceptors (Lipinski definition) is 4. The van der Waals surface area contributed by atoms with Crippen molar-refractivity contribution in [1.82, 2.24) is 4.31 Å². The average Bonchev–Trinajstić information content (AvgIpc) is 2.50. The number of nitrogens with zero attached hydrogens (tertiary/aromatic N) is 1. The summed E-state index contributed by atoms with van der Waals surface area (Å²) in [6.45, 7) is -0.544. The molecule has 0 atom stereocenters. The van der Waals surface area contributed by atoms with Crippen molar-refractivity contribution in [3.8, 4) is 0 Å². The topological polar surface area (TPSA) is 74.7 Å². The van der Waals surface area contributed by atoms with E-state index in [0.29, 0.717) is 3.79 Å². The molecule has 0 aliphatic rings. The monoisotopic (exact) mass is 313 g/mol. The van der Waals surface area contributed by atoms with Gasteiger partial charge in [0.15, 0.2) is 0 Å². The summed E-state index contributed by atoms with van der Waals surface area (Å²) in [5.41, 5.74) is 0. The van der Waals surface area contributed by atoms with Gasteiger partial charge in [-0.25, -0.2) is 8.42 Å². The molecule has 0 aliphatic carbocycles. The van der Waals surface area contributed by atoms with Crippen molar-refractivity contribution in [2.75, 3.05) is 13.6 Å². The van der Waals surface area contributed by atoms with E-state index >= 15 is 0 Å². The Morgan fingerprint density at radius 3 is 2.60 bits per heavy atom. The first-order valence-electron chi connectivity index (χ1n) is 3.77. The number of rotatable bonds is 4. The van der Waals surface area contributed by atoms with Crippen molar-refractivity contribution in [3.63, 3.8) is 0 Å². The highest BCUT2D eigenvalue weighted by atomic mass is 79.9. The van der Waals surface area contributed by atoms with Crippen LogP contribution in [0.2, 0.25) is 0 Å². The molecule has 0 fully saturated rings. The van der Waals surface area contributed by atoms with Crippen LogP contribution in [0.25, 0.3) is 0 Å². The second-order valence-corrected chi connectivity index (χ2v) is 7.45. The molecular weight excluding hydrogens is 306 g/mol. The van der Waals surface area contributed by atoms with E-state index in [2.05, 4.69) is 15.9 Å². The van der Waals surface area contributed by atoms with E-state index in [0.717, 1.165) is 15.6 Å². The molecule has 0 aliphatic heterocycles. The molecule has 15 heavy (non-hydrogen) atoms. The van der Waals surface area contributed by atoms with Crippen LogP contribution in [0.5, 0.6) is 0 Å². The van der Waals surface area contributed by atoms with Gasteiger partial charge >= 0.3 is 5.97 Å². The van der Waals surface area contributed by atoms with Crippen molar-refractivity contribution >= 4 is 43.3 Å². The van der Waals surface area contributed by atoms with Gasteiger partial charge in [0, 0.05) is 7.05 Å². The molecule has 5 nitrogen and oxygen atoms in total. The Kier molecular flexibility index (Phi) is 3.87. The minimum absolute atomic E-state index is 0.123. The van der Waals surface area contributed by atoms with E-state index in [1.807, 2.05) is 0 Å². The predicted molar refractivity (Wildman–Crippen MR) is 59.5 cm³/mol. The third-order valence-corrected chi connectivity index (χ3v) is 5.47. The highest BCUT2D eigenvalue weighted by molar-refractivity contribution is 9.11. The lowest BCUT2D eigenvalue weighted by molar-refractivity contribution is -0.137. The number of sulfonamides is 1. The summed E-state index contributed by atoms with van der Waals surface area (Å²) in [5.74, 6) is -1.18. The number of carboxylic acids is 1. The van der Waals surface area contributed by atoms with Gasteiger partial charge in [0.2, 0.25) is 0 Å². The first-order chi connectivity index (χ1) is 6.84. The Morgan fingerprint density at radius 2 is 2.20 bits per heavy atom. The van der Waals surface area contributed by atoms with Gasteiger partial charge in [0.1, 0.15) is 10.8 Å². The zero-order chi connectivity index (χ0) is 11.6. The minimum Gasteiger partial charge on any atom is -0.480 e. The van der Waals surface area contributed by atoms with Crippen molar-refractivity contribution in [2.45, 2.75) is 4.21 Å². The highest BCUT2D eigenvalue weighted by Crippen LogP contribution is 2.27. The fourth-order valence-electron chi connectivity index (χ4n) is 0.865. The molecule has 1 rings (SSSR count). The molecular formula is C7H8BrNO4S2. The fourth-order valence-corrected chi connectivity index (χ4v) is 4.21. The zero-order valence-corrected chi connectivity index (χ0v) is 10.9. The van der Waals surface area contributed by atoms with Crippen LogP contribution in [-0.4, -0.2) is 37.4 Å². The lowest BCUT2D eigenvalue weighted by Crippen LogP contribution is -2.31. The van der Waals surface area contributed by atoms with Crippen molar-refractivity contribution in [2.24, 2.45) is 0 Å². The van der Waals surface area contributed by atoms with Crippen LogP contribution in [-0.2, 0) is 14.8 Å². The molecule has 0 aromatic carbocycles. The quantitative estimate of drug-likeness (QED) is 0.906. The van der Waals surface area contributed by atoms with Gasteiger partial charge in [-0.15, -0.1) is 11.3 Å². The molecule has 1 heterocycles. The molecule has 0 unspecified atom stereocenters. The normalized spacial score (nSPS) is 11.9. The number of likely N-dealkylation sites (N-methyl/N-ethyl adjacent to an activating group) is 1. The second kappa shape index (κ2) is 4.60. The molecule has 84 valence electrons. The van der Waals surface area contributed by atoms with E-state index < -0.39 is 22.5 Å². The van der Waals surface area contributed by atoms with Crippen molar-refractivity contribution in [3.05, 3.63) is 15.9 Å². The lowest BCUT2D eigenvalue weighted by atomic mass is 10.7. The van der Waals surface area contributed by atoms with Crippen molar-refractivity contribution in [1.29, 1.82) is 0 Å². The fraction of sp³-hybridized carbons (Fsp3) is 0.286. The van der Waals surface area contributed by atoms with Gasteiger partial charge in [0.25, 0.3) is 10.0 Å². The van der Waals surface area contributed by atoms with Crippen LogP contribution in [0, 0.1) is 0 Å². The van der Waals surface area contributed by atoms with E-state index in [-0.39, 0.29) is 4.21 Å². The molecule has 1 aromatic rings. The van der Waals surface area contributed by atoms with Crippen LogP contribution in [0.15, 0.2) is 20.1 Å². The maximum atomic E-state index is 11.7. The van der Waals surface area contributed by atoms with E-state index in [9.17, 15) is 13.2 Å². The summed E-state index contributed by atoms with van der Waals surface area (Å²) in [5, 5.41) is 8.49. The zero-order valence-electron chi connectivity index (χ0n) is 7.68. The Hall–Kier alpha value is -0.440. The number of aliphatic carboxylic acids is 1. The van der Waals surface area contributed by atoms with Gasteiger partial charge < -0.3 is 5.11 Å². The lowest BCUT2D eigenvalue weighted by Gasteiger charge is -2.12. The summed E-state index contributed by atoms with van der Waals surface area (Å²) in [7, 11) is -2.44. The van der Waals surface area contributed by atoms with Crippen LogP contribution in [0.4, 0.5) is 0 Å². The summed E-state index contributed by atoms with van der Waals surface area (Å²) >= 11 is 4.19. The Morgan fingerprint density at radius 1 is 1.60 bits per heavy atom. The van der Waals surface area contributed by atoms with Gasteiger partial charge in [-0.3, -0.25) is 4.79 Å². The van der Waals surface area contributed by atoms with E-state index in [1.165, 1.54) is 13.1 Å². The summed E-state index contributed by atoms with van der Waals surface area (Å²) < 4.78 is 25.1. The molecule has 1 N–H and O–H groups in total. The van der Waals surface area contributed by atoms with Crippen LogP contribution >= 0.6 is 27.3 Å². The number of thiophene rings is 1. The summed E-state index contributed by atoms with van der Waals surface area (Å²) in [6, 6.07) is 3.04. The molecule has 0 radical (unpaired) electrons. The SMILES string of the molecule is CN(CC(=O)O)S(=O)(=O)c1ccc(Br)s1. The molecule has 0 bridgehead atoms. The highest BCUT2D eigenvalue weighted by Gasteiger charge is 2.24. The van der Waals surface area contributed by atoms with Gasteiger partial charge in [-0.1, -0.05) is 0 Å². The standard InChI is InChI=1S/C7H8BrNO4S2/c1-9(4-6(10)11)15(12,13)7-3-2-5(8)14-7/h2-3H,4H2,1H3,(H,10,11). The molecule has 0 spiro atoms. The number of halogens is 1. The molecule has 8 heteroatoms. The van der Waals surface area contributed by atoms with Crippen LogP contribution in [0.3, 0.4) is 0 Å². The number of carboxylic acid groups (broad SMARTS) is 1. The van der Waals surface area contributed by atoms with Crippen LogP contribution < -0.4 is 0 Å². The van der Waals surface area contributed by atoms with Gasteiger partial charge in [0.05, 0.1) is 3.79 Å². The van der Waals surface area contributed by atoms with E-state index in [4.69, 9.17) is 5.11 Å². The second-order valence-electron chi connectivity index (χ2n) is 2.71. The summed E-state index contributed by atoms with van der Waals surface area (Å²) in [4.78, 5) is 10.4. The smallest absolute Gasteiger partial charge is 0.318 e. The van der Waals surface area contributed by atoms with Crippen molar-refractivity contribution < 1.29 is 18.3 Å². The number of hydrogen-bond donors (Lipinski definition) is 1. The maximum absolute atomic E-state index is 11.7. The number of carbonyl (C=O) groups is 1. The Labute approximate surface area is 99.5 Å². The first-order valence-corrected chi connectivity index (χ1v) is 6.82. The summed E-state index contributed by atoms with van der Waals surface area (Å²) in [6.07, 6.45) is 0. The Balaban J connectivity index is 2.98. The predicted octanol–water partition coefficient (Wildman–Crippen LogP) is 1.22. The third kappa shape index (κ3) is 3.00. The van der Waals surface area contributed by atoms with Crippen LogP contribution in [0.1, 0.15) is 0 Å². The minimum atomic E-state index is -3.67. The maximum Gasteiger partial charge on any atom is 0.318 e. The molecule has 0 saturated heterocycles. The molecule has 1 aromatic heterocycles. The van der Waals surface area contributed by atoms with Gasteiger partial charge in [-0.05, 0) is 28.1 Å². The molecule has 0 amide bonds. The van der Waals surface area contributed by atoms with Gasteiger partial charge in [-0.2, -0.15) is 4.31 Å². The Bertz CT molecular complexity index is 467. The third-order valence-electron chi connectivity index (χ3n) is 1.57. The average molecular weight is 314 g/mol. The molecule has 0 saturated carbocycles. The van der Waals surface area contributed by atoms with E-state index in [1.54, 1.807) is 6.07 Å². The first kappa shape index (κ1) is 12.6. The largest absolute Gasteiger partial charge is 0.480 e.